The van der Waals surface area contributed by atoms with E-state index in [1.165, 1.54) is 0 Å². The van der Waals surface area contributed by atoms with Crippen molar-refractivity contribution in [1.82, 2.24) is 5.32 Å². The monoisotopic (exact) mass is 301 g/mol. The number of halogens is 1. The molecule has 20 heavy (non-hydrogen) atoms. The number of methoxy groups -OCH3 is 1. The molecule has 114 valence electrons. The Morgan fingerprint density at radius 3 is 2.60 bits per heavy atom. The van der Waals surface area contributed by atoms with E-state index < -0.39 is 0 Å². The third-order valence-electron chi connectivity index (χ3n) is 2.70. The molecule has 0 fully saturated rings. The lowest BCUT2D eigenvalue weighted by atomic mass is 10.1. The van der Waals surface area contributed by atoms with Gasteiger partial charge in [-0.25, -0.2) is 0 Å². The molecule has 0 aliphatic rings. The minimum atomic E-state index is 0.385. The molecule has 0 unspecified atom stereocenters. The highest BCUT2D eigenvalue weighted by molar-refractivity contribution is 6.30. The standard InChI is InChI=1S/C15H24ClNO3/c1-5-19-6-7-20-15-12(10-17-11(2)3)8-13(16)9-14(15)18-4/h8-9,11,17H,5-7,10H2,1-4H3. The minimum Gasteiger partial charge on any atom is -0.493 e. The van der Waals surface area contributed by atoms with Crippen LogP contribution in [0.1, 0.15) is 26.3 Å². The lowest BCUT2D eigenvalue weighted by Crippen LogP contribution is -2.22. The molecule has 4 nitrogen and oxygen atoms in total. The van der Waals surface area contributed by atoms with E-state index in [0.717, 1.165) is 11.3 Å². The molecule has 0 heterocycles. The summed E-state index contributed by atoms with van der Waals surface area (Å²) in [6.45, 7) is 8.55. The highest BCUT2D eigenvalue weighted by Gasteiger charge is 2.13. The average molecular weight is 302 g/mol. The third kappa shape index (κ3) is 5.57. The first-order chi connectivity index (χ1) is 9.58. The second-order valence-corrected chi connectivity index (χ2v) is 5.11. The van der Waals surface area contributed by atoms with E-state index in [0.29, 0.717) is 43.2 Å². The molecule has 5 heteroatoms. The highest BCUT2D eigenvalue weighted by Crippen LogP contribution is 2.34. The van der Waals surface area contributed by atoms with Crippen LogP contribution in [0.15, 0.2) is 12.1 Å². The predicted octanol–water partition coefficient (Wildman–Crippen LogP) is 3.26. The maximum absolute atomic E-state index is 6.11. The van der Waals surface area contributed by atoms with Crippen molar-refractivity contribution in [2.45, 2.75) is 33.4 Å². The van der Waals surface area contributed by atoms with Gasteiger partial charge in [0.15, 0.2) is 11.5 Å². The zero-order valence-electron chi connectivity index (χ0n) is 12.7. The summed E-state index contributed by atoms with van der Waals surface area (Å²) >= 11 is 6.11. The van der Waals surface area contributed by atoms with E-state index in [-0.39, 0.29) is 0 Å². The summed E-state index contributed by atoms with van der Waals surface area (Å²) in [5.41, 5.74) is 0.986. The van der Waals surface area contributed by atoms with Gasteiger partial charge in [0.1, 0.15) is 6.61 Å². The molecule has 0 bridgehead atoms. The number of nitrogens with one attached hydrogen (secondary N) is 1. The summed E-state index contributed by atoms with van der Waals surface area (Å²) in [6.07, 6.45) is 0. The van der Waals surface area contributed by atoms with Gasteiger partial charge in [-0.05, 0) is 13.0 Å². The fraction of sp³-hybridized carbons (Fsp3) is 0.600. The van der Waals surface area contributed by atoms with Crippen LogP contribution in [-0.4, -0.2) is 33.0 Å². The van der Waals surface area contributed by atoms with Crippen LogP contribution in [0, 0.1) is 0 Å². The van der Waals surface area contributed by atoms with Gasteiger partial charge in [-0.1, -0.05) is 25.4 Å². The first kappa shape index (κ1) is 17.1. The van der Waals surface area contributed by atoms with E-state index in [2.05, 4.69) is 19.2 Å². The van der Waals surface area contributed by atoms with Crippen LogP contribution in [0.4, 0.5) is 0 Å². The lowest BCUT2D eigenvalue weighted by Gasteiger charge is -2.17. The fourth-order valence-electron chi connectivity index (χ4n) is 1.73. The molecule has 0 spiro atoms. The topological polar surface area (TPSA) is 39.7 Å². The Labute approximate surface area is 126 Å². The SMILES string of the molecule is CCOCCOc1c(CNC(C)C)cc(Cl)cc1OC. The van der Waals surface area contributed by atoms with Gasteiger partial charge in [0.2, 0.25) is 0 Å². The molecule has 0 saturated carbocycles. The Morgan fingerprint density at radius 1 is 1.25 bits per heavy atom. The fourth-order valence-corrected chi connectivity index (χ4v) is 1.96. The molecule has 0 aromatic heterocycles. The predicted molar refractivity (Wildman–Crippen MR) is 82.0 cm³/mol. The first-order valence-electron chi connectivity index (χ1n) is 6.88. The van der Waals surface area contributed by atoms with Gasteiger partial charge in [0.05, 0.1) is 13.7 Å². The van der Waals surface area contributed by atoms with Gasteiger partial charge in [-0.15, -0.1) is 0 Å². The summed E-state index contributed by atoms with van der Waals surface area (Å²) in [6, 6.07) is 4.04. The van der Waals surface area contributed by atoms with Gasteiger partial charge >= 0.3 is 0 Å². The smallest absolute Gasteiger partial charge is 0.165 e. The Kier molecular flexibility index (Phi) is 7.73. The summed E-state index contributed by atoms with van der Waals surface area (Å²) in [4.78, 5) is 0. The molecule has 0 saturated heterocycles. The number of benzene rings is 1. The quantitative estimate of drug-likeness (QED) is 0.711. The van der Waals surface area contributed by atoms with Crippen LogP contribution in [0.2, 0.25) is 5.02 Å². The maximum atomic E-state index is 6.11. The van der Waals surface area contributed by atoms with Crippen LogP contribution in [-0.2, 0) is 11.3 Å². The lowest BCUT2D eigenvalue weighted by molar-refractivity contribution is 0.108. The van der Waals surface area contributed by atoms with E-state index in [1.807, 2.05) is 13.0 Å². The minimum absolute atomic E-state index is 0.385. The number of rotatable bonds is 9. The van der Waals surface area contributed by atoms with E-state index in [9.17, 15) is 0 Å². The van der Waals surface area contributed by atoms with Crippen LogP contribution in [0.5, 0.6) is 11.5 Å². The van der Waals surface area contributed by atoms with E-state index >= 15 is 0 Å². The Hall–Kier alpha value is -0.970. The third-order valence-corrected chi connectivity index (χ3v) is 2.91. The molecule has 1 rings (SSSR count). The molecule has 1 N–H and O–H groups in total. The van der Waals surface area contributed by atoms with Crippen LogP contribution in [0.25, 0.3) is 0 Å². The molecule has 1 aromatic rings. The van der Waals surface area contributed by atoms with Crippen molar-refractivity contribution < 1.29 is 14.2 Å². The van der Waals surface area contributed by atoms with Gasteiger partial charge in [-0.2, -0.15) is 0 Å². The van der Waals surface area contributed by atoms with Gasteiger partial charge in [-0.3, -0.25) is 0 Å². The van der Waals surface area contributed by atoms with Crippen molar-refractivity contribution in [3.8, 4) is 11.5 Å². The average Bonchev–Trinajstić information content (AvgIpc) is 2.42. The summed E-state index contributed by atoms with van der Waals surface area (Å²) < 4.78 is 16.4. The van der Waals surface area contributed by atoms with E-state index in [1.54, 1.807) is 13.2 Å². The molecule has 1 aromatic carbocycles. The Bertz CT molecular complexity index is 410. The summed E-state index contributed by atoms with van der Waals surface area (Å²) in [7, 11) is 1.61. The summed E-state index contributed by atoms with van der Waals surface area (Å²) in [5.74, 6) is 1.37. The van der Waals surface area contributed by atoms with Crippen molar-refractivity contribution in [3.05, 3.63) is 22.7 Å². The van der Waals surface area contributed by atoms with Crippen molar-refractivity contribution in [2.24, 2.45) is 0 Å². The largest absolute Gasteiger partial charge is 0.493 e. The molecule has 0 aliphatic heterocycles. The molecule has 0 atom stereocenters. The molecule has 0 amide bonds. The highest BCUT2D eigenvalue weighted by atomic mass is 35.5. The van der Waals surface area contributed by atoms with E-state index in [4.69, 9.17) is 25.8 Å². The van der Waals surface area contributed by atoms with Crippen molar-refractivity contribution >= 4 is 11.6 Å². The zero-order chi connectivity index (χ0) is 15.0. The maximum Gasteiger partial charge on any atom is 0.165 e. The number of ether oxygens (including phenoxy) is 3. The molecular formula is C15H24ClNO3. The van der Waals surface area contributed by atoms with Crippen molar-refractivity contribution in [2.75, 3.05) is 26.9 Å². The Morgan fingerprint density at radius 2 is 2.00 bits per heavy atom. The Balaban J connectivity index is 2.84. The van der Waals surface area contributed by atoms with Gasteiger partial charge in [0, 0.05) is 35.8 Å². The molecule has 0 aliphatic carbocycles. The number of hydrogen-bond donors (Lipinski definition) is 1. The van der Waals surface area contributed by atoms with Gasteiger partial charge < -0.3 is 19.5 Å². The van der Waals surface area contributed by atoms with Crippen LogP contribution in [0.3, 0.4) is 0 Å². The molecule has 0 radical (unpaired) electrons. The normalized spacial score (nSPS) is 10.9. The molecular weight excluding hydrogens is 278 g/mol. The second-order valence-electron chi connectivity index (χ2n) is 4.68. The van der Waals surface area contributed by atoms with Gasteiger partial charge in [0.25, 0.3) is 0 Å². The first-order valence-corrected chi connectivity index (χ1v) is 7.26. The summed E-state index contributed by atoms with van der Waals surface area (Å²) in [5, 5.41) is 4.00. The van der Waals surface area contributed by atoms with Crippen molar-refractivity contribution in [1.29, 1.82) is 0 Å². The second kappa shape index (κ2) is 9.06. The van der Waals surface area contributed by atoms with Crippen LogP contribution < -0.4 is 14.8 Å². The number of hydrogen-bond acceptors (Lipinski definition) is 4. The van der Waals surface area contributed by atoms with Crippen LogP contribution >= 0.6 is 11.6 Å². The van der Waals surface area contributed by atoms with Crippen molar-refractivity contribution in [3.63, 3.8) is 0 Å². The zero-order valence-corrected chi connectivity index (χ0v) is 13.4.